The standard InChI is InChI=1S/C16H17N5S/c1-21-11-14(8-19-21)7-18-15-9-17-10-16(20-15)22-12-13-5-3-2-4-6-13/h2-6,8-11H,7,12H2,1H3,(H,18,20). The van der Waals surface area contributed by atoms with Crippen LogP contribution in [-0.4, -0.2) is 19.7 Å². The molecule has 1 N–H and O–H groups in total. The number of benzene rings is 1. The molecule has 0 bridgehead atoms. The van der Waals surface area contributed by atoms with Gasteiger partial charge in [0.2, 0.25) is 0 Å². The molecule has 0 aliphatic carbocycles. The molecule has 112 valence electrons. The van der Waals surface area contributed by atoms with Crippen molar-refractivity contribution >= 4 is 17.6 Å². The van der Waals surface area contributed by atoms with Gasteiger partial charge < -0.3 is 5.32 Å². The molecule has 2 heterocycles. The van der Waals surface area contributed by atoms with E-state index in [2.05, 4.69) is 32.5 Å². The number of thioether (sulfide) groups is 1. The molecule has 0 fully saturated rings. The number of rotatable bonds is 6. The molecule has 2 aromatic heterocycles. The number of anilines is 1. The third kappa shape index (κ3) is 4.08. The molecule has 0 atom stereocenters. The molecular weight excluding hydrogens is 294 g/mol. The Morgan fingerprint density at radius 2 is 1.95 bits per heavy atom. The Bertz CT molecular complexity index is 726. The Hall–Kier alpha value is -2.34. The van der Waals surface area contributed by atoms with Crippen LogP contribution in [0.15, 0.2) is 60.1 Å². The molecule has 0 saturated carbocycles. The van der Waals surface area contributed by atoms with Crippen molar-refractivity contribution in [3.05, 3.63) is 66.2 Å². The van der Waals surface area contributed by atoms with E-state index in [1.807, 2.05) is 37.6 Å². The summed E-state index contributed by atoms with van der Waals surface area (Å²) in [5.74, 6) is 1.67. The average molecular weight is 311 g/mol. The summed E-state index contributed by atoms with van der Waals surface area (Å²) in [7, 11) is 1.91. The highest BCUT2D eigenvalue weighted by molar-refractivity contribution is 7.98. The van der Waals surface area contributed by atoms with Crippen LogP contribution in [0.3, 0.4) is 0 Å². The van der Waals surface area contributed by atoms with Crippen LogP contribution in [0.4, 0.5) is 5.82 Å². The molecule has 0 unspecified atom stereocenters. The summed E-state index contributed by atoms with van der Waals surface area (Å²) in [5.41, 5.74) is 2.40. The normalized spacial score (nSPS) is 10.6. The van der Waals surface area contributed by atoms with Crippen molar-refractivity contribution in [1.82, 2.24) is 19.7 Å². The van der Waals surface area contributed by atoms with E-state index in [1.165, 1.54) is 5.56 Å². The number of hydrogen-bond acceptors (Lipinski definition) is 5. The van der Waals surface area contributed by atoms with Gasteiger partial charge in [0.15, 0.2) is 0 Å². The second-order valence-electron chi connectivity index (χ2n) is 4.89. The fourth-order valence-corrected chi connectivity index (χ4v) is 2.80. The third-order valence-corrected chi connectivity index (χ3v) is 4.04. The Kier molecular flexibility index (Phi) is 4.70. The maximum absolute atomic E-state index is 4.57. The van der Waals surface area contributed by atoms with Gasteiger partial charge in [0.05, 0.1) is 18.6 Å². The van der Waals surface area contributed by atoms with Crippen LogP contribution >= 0.6 is 11.8 Å². The molecule has 1 aromatic carbocycles. The molecule has 0 spiro atoms. The van der Waals surface area contributed by atoms with Gasteiger partial charge in [0.25, 0.3) is 0 Å². The smallest absolute Gasteiger partial charge is 0.146 e. The van der Waals surface area contributed by atoms with E-state index >= 15 is 0 Å². The fourth-order valence-electron chi connectivity index (χ4n) is 1.99. The molecule has 3 aromatic rings. The van der Waals surface area contributed by atoms with Crippen LogP contribution in [0, 0.1) is 0 Å². The first kappa shape index (κ1) is 14.6. The maximum atomic E-state index is 4.57. The van der Waals surface area contributed by atoms with Gasteiger partial charge >= 0.3 is 0 Å². The lowest BCUT2D eigenvalue weighted by atomic mass is 10.2. The summed E-state index contributed by atoms with van der Waals surface area (Å²) in [6.45, 7) is 0.690. The summed E-state index contributed by atoms with van der Waals surface area (Å²) in [4.78, 5) is 8.82. The molecule has 6 heteroatoms. The van der Waals surface area contributed by atoms with E-state index in [0.717, 1.165) is 22.2 Å². The minimum Gasteiger partial charge on any atom is -0.365 e. The highest BCUT2D eigenvalue weighted by Gasteiger charge is 2.02. The van der Waals surface area contributed by atoms with Gasteiger partial charge in [-0.05, 0) is 5.56 Å². The highest BCUT2D eigenvalue weighted by atomic mass is 32.2. The molecule has 22 heavy (non-hydrogen) atoms. The number of nitrogens with zero attached hydrogens (tertiary/aromatic N) is 4. The second-order valence-corrected chi connectivity index (χ2v) is 5.89. The molecule has 0 aliphatic rings. The van der Waals surface area contributed by atoms with Gasteiger partial charge in [-0.25, -0.2) is 4.98 Å². The topological polar surface area (TPSA) is 55.6 Å². The van der Waals surface area contributed by atoms with Crippen molar-refractivity contribution in [3.8, 4) is 0 Å². The van der Waals surface area contributed by atoms with E-state index in [-0.39, 0.29) is 0 Å². The zero-order valence-electron chi connectivity index (χ0n) is 12.3. The summed E-state index contributed by atoms with van der Waals surface area (Å²) in [6.07, 6.45) is 7.36. The highest BCUT2D eigenvalue weighted by Crippen LogP contribution is 2.21. The number of hydrogen-bond donors (Lipinski definition) is 1. The number of aromatic nitrogens is 4. The molecular formula is C16H17N5S. The molecule has 0 aliphatic heterocycles. The zero-order chi connectivity index (χ0) is 15.2. The van der Waals surface area contributed by atoms with Crippen LogP contribution in [0.5, 0.6) is 0 Å². The fraction of sp³-hybridized carbons (Fsp3) is 0.188. The summed E-state index contributed by atoms with van der Waals surface area (Å²) < 4.78 is 1.79. The van der Waals surface area contributed by atoms with Gasteiger partial charge in [-0.1, -0.05) is 30.3 Å². The monoisotopic (exact) mass is 311 g/mol. The maximum Gasteiger partial charge on any atom is 0.146 e. The lowest BCUT2D eigenvalue weighted by Gasteiger charge is -2.06. The summed E-state index contributed by atoms with van der Waals surface area (Å²) >= 11 is 1.68. The van der Waals surface area contributed by atoms with E-state index < -0.39 is 0 Å². The van der Waals surface area contributed by atoms with Gasteiger partial charge in [-0.3, -0.25) is 9.67 Å². The lowest BCUT2D eigenvalue weighted by molar-refractivity contribution is 0.767. The molecule has 0 saturated heterocycles. The van der Waals surface area contributed by atoms with E-state index in [9.17, 15) is 0 Å². The molecule has 3 rings (SSSR count). The Morgan fingerprint density at radius 3 is 2.73 bits per heavy atom. The van der Waals surface area contributed by atoms with Gasteiger partial charge in [-0.2, -0.15) is 5.10 Å². The second kappa shape index (κ2) is 7.09. The minimum atomic E-state index is 0.690. The lowest BCUT2D eigenvalue weighted by Crippen LogP contribution is -2.01. The Balaban J connectivity index is 1.57. The van der Waals surface area contributed by atoms with Crippen molar-refractivity contribution in [2.45, 2.75) is 17.3 Å². The van der Waals surface area contributed by atoms with Crippen LogP contribution < -0.4 is 5.32 Å². The first-order valence-electron chi connectivity index (χ1n) is 7.00. The van der Waals surface area contributed by atoms with Crippen LogP contribution in [0.2, 0.25) is 0 Å². The van der Waals surface area contributed by atoms with Gasteiger partial charge in [0.1, 0.15) is 10.8 Å². The van der Waals surface area contributed by atoms with Gasteiger partial charge in [-0.15, -0.1) is 11.8 Å². The third-order valence-electron chi connectivity index (χ3n) is 3.07. The summed E-state index contributed by atoms with van der Waals surface area (Å²) in [5, 5.41) is 8.34. The average Bonchev–Trinajstić information content (AvgIpc) is 2.98. The quantitative estimate of drug-likeness (QED) is 0.709. The van der Waals surface area contributed by atoms with E-state index in [1.54, 1.807) is 28.8 Å². The van der Waals surface area contributed by atoms with Crippen LogP contribution in [0.1, 0.15) is 11.1 Å². The van der Waals surface area contributed by atoms with E-state index in [0.29, 0.717) is 6.54 Å². The minimum absolute atomic E-state index is 0.690. The van der Waals surface area contributed by atoms with Crippen LogP contribution in [0.25, 0.3) is 0 Å². The van der Waals surface area contributed by atoms with Crippen molar-refractivity contribution < 1.29 is 0 Å². The molecule has 0 amide bonds. The number of nitrogens with one attached hydrogen (secondary N) is 1. The van der Waals surface area contributed by atoms with E-state index in [4.69, 9.17) is 0 Å². The first-order chi connectivity index (χ1) is 10.8. The number of aryl methyl sites for hydroxylation is 1. The molecule has 5 nitrogen and oxygen atoms in total. The van der Waals surface area contributed by atoms with Crippen molar-refractivity contribution in [2.75, 3.05) is 5.32 Å². The van der Waals surface area contributed by atoms with Crippen molar-refractivity contribution in [2.24, 2.45) is 7.05 Å². The molecule has 0 radical (unpaired) electrons. The van der Waals surface area contributed by atoms with Crippen molar-refractivity contribution in [3.63, 3.8) is 0 Å². The largest absolute Gasteiger partial charge is 0.365 e. The Labute approximate surface area is 133 Å². The van der Waals surface area contributed by atoms with Gasteiger partial charge in [0, 0.05) is 31.1 Å². The first-order valence-corrected chi connectivity index (χ1v) is 7.98. The zero-order valence-corrected chi connectivity index (χ0v) is 13.1. The predicted molar refractivity (Wildman–Crippen MR) is 88.6 cm³/mol. The van der Waals surface area contributed by atoms with Crippen molar-refractivity contribution in [1.29, 1.82) is 0 Å². The van der Waals surface area contributed by atoms with Crippen LogP contribution in [-0.2, 0) is 19.3 Å². The Morgan fingerprint density at radius 1 is 1.09 bits per heavy atom. The summed E-state index contributed by atoms with van der Waals surface area (Å²) in [6, 6.07) is 10.4. The predicted octanol–water partition coefficient (Wildman–Crippen LogP) is 3.11. The SMILES string of the molecule is Cn1cc(CNc2cncc(SCc3ccccc3)n2)cn1.